The van der Waals surface area contributed by atoms with Crippen LogP contribution >= 0.6 is 12.4 Å². The highest BCUT2D eigenvalue weighted by atomic mass is 35.5. The van der Waals surface area contributed by atoms with Crippen LogP contribution in [0.1, 0.15) is 15.9 Å². The van der Waals surface area contributed by atoms with Gasteiger partial charge in [-0.25, -0.2) is 0 Å². The van der Waals surface area contributed by atoms with Crippen LogP contribution in [0.4, 0.5) is 13.2 Å². The minimum absolute atomic E-state index is 0. The highest BCUT2D eigenvalue weighted by molar-refractivity contribution is 6.04. The van der Waals surface area contributed by atoms with Gasteiger partial charge in [0.2, 0.25) is 0 Å². The number of carbonyl (C=O) groups is 1. The fourth-order valence-electron chi connectivity index (χ4n) is 1.46. The van der Waals surface area contributed by atoms with Crippen LogP contribution in [0.3, 0.4) is 0 Å². The first-order valence-corrected chi connectivity index (χ1v) is 5.18. The minimum atomic E-state index is -4.66. The van der Waals surface area contributed by atoms with Crippen molar-refractivity contribution in [2.75, 3.05) is 14.2 Å². The molecule has 0 heterocycles. The zero-order valence-electron chi connectivity index (χ0n) is 11.0. The topological polar surface area (TPSA) is 99.9 Å². The molecule has 21 heavy (non-hydrogen) atoms. The first kappa shape index (κ1) is 18.8. The molecular weight excluding hydrogens is 315 g/mol. The maximum Gasteiger partial charge on any atom is 0.416 e. The summed E-state index contributed by atoms with van der Waals surface area (Å²) in [5, 5.41) is 0. The highest BCUT2D eigenvalue weighted by Gasteiger charge is 2.34. The molecule has 1 aromatic carbocycles. The Kier molecular flexibility index (Phi) is 6.30. The van der Waals surface area contributed by atoms with Crippen LogP contribution < -0.4 is 20.9 Å². The molecule has 4 N–H and O–H groups in total. The number of halogens is 4. The van der Waals surface area contributed by atoms with Crippen LogP contribution in [0.15, 0.2) is 17.1 Å². The third-order valence-electron chi connectivity index (χ3n) is 2.27. The second kappa shape index (κ2) is 7.02. The van der Waals surface area contributed by atoms with Crippen LogP contribution in [0.5, 0.6) is 11.5 Å². The van der Waals surface area contributed by atoms with E-state index in [1.807, 2.05) is 0 Å². The number of benzene rings is 1. The van der Waals surface area contributed by atoms with E-state index in [1.54, 1.807) is 0 Å². The van der Waals surface area contributed by atoms with E-state index in [0.29, 0.717) is 12.1 Å². The second-order valence-corrected chi connectivity index (χ2v) is 3.60. The average molecular weight is 328 g/mol. The minimum Gasteiger partial charge on any atom is -0.493 e. The number of hydrogen-bond donors (Lipinski definition) is 2. The van der Waals surface area contributed by atoms with Gasteiger partial charge >= 0.3 is 6.18 Å². The summed E-state index contributed by atoms with van der Waals surface area (Å²) >= 11 is 0. The van der Waals surface area contributed by atoms with E-state index in [0.717, 1.165) is 7.11 Å². The summed E-state index contributed by atoms with van der Waals surface area (Å²) in [5.41, 5.74) is 8.53. The van der Waals surface area contributed by atoms with Gasteiger partial charge in [0.25, 0.3) is 5.91 Å². The molecule has 0 aliphatic rings. The van der Waals surface area contributed by atoms with Crippen molar-refractivity contribution >= 4 is 24.3 Å². The largest absolute Gasteiger partial charge is 0.493 e. The number of methoxy groups -OCH3 is 2. The van der Waals surface area contributed by atoms with Crippen molar-refractivity contribution in [1.29, 1.82) is 0 Å². The van der Waals surface area contributed by atoms with Gasteiger partial charge in [0.15, 0.2) is 17.5 Å². The van der Waals surface area contributed by atoms with Gasteiger partial charge in [0.05, 0.1) is 25.3 Å². The molecule has 0 radical (unpaired) electrons. The van der Waals surface area contributed by atoms with Crippen molar-refractivity contribution in [3.05, 3.63) is 23.3 Å². The Morgan fingerprint density at radius 3 is 2.14 bits per heavy atom. The number of guanidine groups is 1. The molecule has 0 atom stereocenters. The van der Waals surface area contributed by atoms with Crippen molar-refractivity contribution in [2.45, 2.75) is 6.18 Å². The molecular formula is C11H13ClF3N3O3. The van der Waals surface area contributed by atoms with Gasteiger partial charge in [0, 0.05) is 0 Å². The summed E-state index contributed by atoms with van der Waals surface area (Å²) in [7, 11) is 2.32. The Labute approximate surface area is 124 Å². The molecule has 0 saturated carbocycles. The molecule has 0 aliphatic heterocycles. The maximum absolute atomic E-state index is 12.8. The van der Waals surface area contributed by atoms with Crippen molar-refractivity contribution in [1.82, 2.24) is 0 Å². The Morgan fingerprint density at radius 1 is 1.19 bits per heavy atom. The van der Waals surface area contributed by atoms with Gasteiger partial charge < -0.3 is 20.9 Å². The van der Waals surface area contributed by atoms with E-state index < -0.39 is 29.2 Å². The smallest absolute Gasteiger partial charge is 0.416 e. The van der Waals surface area contributed by atoms with Gasteiger partial charge in [0.1, 0.15) is 0 Å². The highest BCUT2D eigenvalue weighted by Crippen LogP contribution is 2.39. The molecule has 0 spiro atoms. The molecule has 0 saturated heterocycles. The summed E-state index contributed by atoms with van der Waals surface area (Å²) in [6.45, 7) is 0. The number of nitrogens with zero attached hydrogens (tertiary/aromatic N) is 1. The number of alkyl halides is 3. The molecule has 1 amide bonds. The number of hydrogen-bond acceptors (Lipinski definition) is 3. The summed E-state index contributed by atoms with van der Waals surface area (Å²) in [4.78, 5) is 14.9. The lowest BCUT2D eigenvalue weighted by molar-refractivity contribution is -0.137. The quantitative estimate of drug-likeness (QED) is 0.648. The summed E-state index contributed by atoms with van der Waals surface area (Å²) in [6.07, 6.45) is -4.66. The number of amides is 1. The molecule has 6 nitrogen and oxygen atoms in total. The van der Waals surface area contributed by atoms with E-state index in [-0.39, 0.29) is 23.9 Å². The molecule has 0 unspecified atom stereocenters. The SMILES string of the molecule is COc1cc(C(F)(F)F)cc(C(=O)N=C(N)N)c1OC.Cl. The molecule has 0 aromatic heterocycles. The third-order valence-corrected chi connectivity index (χ3v) is 2.27. The second-order valence-electron chi connectivity index (χ2n) is 3.60. The van der Waals surface area contributed by atoms with Gasteiger partial charge in [-0.15, -0.1) is 12.4 Å². The summed E-state index contributed by atoms with van der Waals surface area (Å²) in [5.74, 6) is -2.08. The van der Waals surface area contributed by atoms with Crippen LogP contribution in [0, 0.1) is 0 Å². The lowest BCUT2D eigenvalue weighted by atomic mass is 10.1. The fraction of sp³-hybridized carbons (Fsp3) is 0.273. The van der Waals surface area contributed by atoms with Crippen LogP contribution in [-0.2, 0) is 6.18 Å². The molecule has 10 heteroatoms. The van der Waals surface area contributed by atoms with Crippen molar-refractivity contribution < 1.29 is 27.4 Å². The Hall–Kier alpha value is -2.16. The van der Waals surface area contributed by atoms with Gasteiger partial charge in [-0.05, 0) is 12.1 Å². The Balaban J connectivity index is 0.00000400. The van der Waals surface area contributed by atoms with E-state index in [9.17, 15) is 18.0 Å². The lowest BCUT2D eigenvalue weighted by Gasteiger charge is -2.14. The summed E-state index contributed by atoms with van der Waals surface area (Å²) < 4.78 is 47.9. The molecule has 0 fully saturated rings. The first-order chi connectivity index (χ1) is 9.20. The van der Waals surface area contributed by atoms with Crippen LogP contribution in [0.2, 0.25) is 0 Å². The van der Waals surface area contributed by atoms with E-state index >= 15 is 0 Å². The number of nitrogens with two attached hydrogens (primary N) is 2. The van der Waals surface area contributed by atoms with Gasteiger partial charge in [-0.2, -0.15) is 18.2 Å². The third kappa shape index (κ3) is 4.42. The average Bonchev–Trinajstić information content (AvgIpc) is 2.34. The van der Waals surface area contributed by atoms with Crippen LogP contribution in [-0.4, -0.2) is 26.1 Å². The molecule has 0 bridgehead atoms. The predicted octanol–water partition coefficient (Wildman–Crippen LogP) is 1.56. The normalized spacial score (nSPS) is 10.3. The van der Waals surface area contributed by atoms with E-state index in [2.05, 4.69) is 4.99 Å². The van der Waals surface area contributed by atoms with Gasteiger partial charge in [-0.1, -0.05) is 0 Å². The number of rotatable bonds is 3. The first-order valence-electron chi connectivity index (χ1n) is 5.18. The van der Waals surface area contributed by atoms with Crippen molar-refractivity contribution in [3.63, 3.8) is 0 Å². The maximum atomic E-state index is 12.8. The Morgan fingerprint density at radius 2 is 1.76 bits per heavy atom. The molecule has 1 rings (SSSR count). The van der Waals surface area contributed by atoms with Gasteiger partial charge in [-0.3, -0.25) is 4.79 Å². The van der Waals surface area contributed by atoms with Crippen LogP contribution in [0.25, 0.3) is 0 Å². The molecule has 1 aromatic rings. The van der Waals surface area contributed by atoms with Crippen molar-refractivity contribution in [2.24, 2.45) is 16.5 Å². The number of ether oxygens (including phenoxy) is 2. The molecule has 0 aliphatic carbocycles. The standard InChI is InChI=1S/C11H12F3N3O3.ClH/c1-19-7-4-5(11(12,13)14)3-6(8(7)20-2)9(18)17-10(15)16;/h3-4H,1-2H3,(H4,15,16,17,18);1H. The lowest BCUT2D eigenvalue weighted by Crippen LogP contribution is -2.24. The fourth-order valence-corrected chi connectivity index (χ4v) is 1.46. The zero-order valence-corrected chi connectivity index (χ0v) is 11.8. The van der Waals surface area contributed by atoms with E-state index in [4.69, 9.17) is 20.9 Å². The zero-order chi connectivity index (χ0) is 15.5. The van der Waals surface area contributed by atoms with Crippen molar-refractivity contribution in [3.8, 4) is 11.5 Å². The van der Waals surface area contributed by atoms with E-state index in [1.165, 1.54) is 7.11 Å². The number of aliphatic imine (C=N–C) groups is 1. The number of carbonyl (C=O) groups excluding carboxylic acids is 1. The predicted molar refractivity (Wildman–Crippen MR) is 71.9 cm³/mol. The Bertz CT molecular complexity index is 558. The molecule has 118 valence electrons. The monoisotopic (exact) mass is 327 g/mol. The summed E-state index contributed by atoms with van der Waals surface area (Å²) in [6, 6.07) is 1.31.